The molecule has 0 aromatic heterocycles. The third-order valence-corrected chi connectivity index (χ3v) is 2.72. The summed E-state index contributed by atoms with van der Waals surface area (Å²) in [7, 11) is 0. The average Bonchev–Trinajstić information content (AvgIpc) is 2.29. The van der Waals surface area contributed by atoms with Crippen molar-refractivity contribution in [3.05, 3.63) is 30.1 Å². The van der Waals surface area contributed by atoms with Gasteiger partial charge in [0.2, 0.25) is 0 Å². The van der Waals surface area contributed by atoms with E-state index >= 15 is 0 Å². The van der Waals surface area contributed by atoms with Gasteiger partial charge in [0.15, 0.2) is 0 Å². The molecule has 0 saturated carbocycles. The summed E-state index contributed by atoms with van der Waals surface area (Å²) in [5, 5.41) is 0. The van der Waals surface area contributed by atoms with Crippen LogP contribution in [0.1, 0.15) is 12.8 Å². The van der Waals surface area contributed by atoms with Crippen LogP contribution < -0.4 is 10.5 Å². The SMILES string of the molecule is NC1CCCN(C(=O)Oc2cccc(F)c2)C1. The number of amides is 1. The van der Waals surface area contributed by atoms with Gasteiger partial charge in [-0.25, -0.2) is 9.18 Å². The highest BCUT2D eigenvalue weighted by atomic mass is 19.1. The standard InChI is InChI=1S/C12H15FN2O2/c13-9-3-1-5-11(7-9)17-12(16)15-6-2-4-10(14)8-15/h1,3,5,7,10H,2,4,6,8,14H2. The molecule has 1 fully saturated rings. The van der Waals surface area contributed by atoms with E-state index < -0.39 is 11.9 Å². The number of benzene rings is 1. The molecule has 1 amide bonds. The first-order chi connectivity index (χ1) is 8.15. The largest absolute Gasteiger partial charge is 0.415 e. The van der Waals surface area contributed by atoms with E-state index in [0.29, 0.717) is 13.1 Å². The molecule has 0 radical (unpaired) electrons. The number of nitrogens with zero attached hydrogens (tertiary/aromatic N) is 1. The molecule has 1 saturated heterocycles. The van der Waals surface area contributed by atoms with Gasteiger partial charge < -0.3 is 15.4 Å². The summed E-state index contributed by atoms with van der Waals surface area (Å²) < 4.78 is 18.0. The number of halogens is 1. The Bertz CT molecular complexity index is 411. The summed E-state index contributed by atoms with van der Waals surface area (Å²) in [6, 6.07) is 5.53. The molecule has 92 valence electrons. The second kappa shape index (κ2) is 5.14. The van der Waals surface area contributed by atoms with Gasteiger partial charge in [0.25, 0.3) is 0 Å². The number of piperidine rings is 1. The van der Waals surface area contributed by atoms with E-state index in [-0.39, 0.29) is 11.8 Å². The summed E-state index contributed by atoms with van der Waals surface area (Å²) in [5.41, 5.74) is 5.77. The van der Waals surface area contributed by atoms with E-state index in [4.69, 9.17) is 10.5 Å². The lowest BCUT2D eigenvalue weighted by Crippen LogP contribution is -2.46. The zero-order chi connectivity index (χ0) is 12.3. The summed E-state index contributed by atoms with van der Waals surface area (Å²) in [6.45, 7) is 1.13. The normalized spacial score (nSPS) is 20.1. The molecular formula is C12H15FN2O2. The van der Waals surface area contributed by atoms with Gasteiger partial charge in [-0.05, 0) is 25.0 Å². The highest BCUT2D eigenvalue weighted by Crippen LogP contribution is 2.15. The van der Waals surface area contributed by atoms with E-state index in [1.807, 2.05) is 0 Å². The van der Waals surface area contributed by atoms with Crippen LogP contribution in [0.2, 0.25) is 0 Å². The summed E-state index contributed by atoms with van der Waals surface area (Å²) in [6.07, 6.45) is 1.33. The van der Waals surface area contributed by atoms with Crippen molar-refractivity contribution in [1.29, 1.82) is 0 Å². The van der Waals surface area contributed by atoms with Gasteiger partial charge in [-0.15, -0.1) is 0 Å². The molecule has 1 aromatic carbocycles. The van der Waals surface area contributed by atoms with Gasteiger partial charge in [-0.3, -0.25) is 0 Å². The molecule has 1 aliphatic rings. The van der Waals surface area contributed by atoms with Gasteiger partial charge in [-0.1, -0.05) is 6.07 Å². The molecule has 1 unspecified atom stereocenters. The number of ether oxygens (including phenoxy) is 1. The lowest BCUT2D eigenvalue weighted by molar-refractivity contribution is 0.137. The Morgan fingerprint density at radius 3 is 3.06 bits per heavy atom. The van der Waals surface area contributed by atoms with Crippen molar-refractivity contribution in [2.24, 2.45) is 5.73 Å². The van der Waals surface area contributed by atoms with Crippen molar-refractivity contribution < 1.29 is 13.9 Å². The minimum absolute atomic E-state index is 0.00353. The van der Waals surface area contributed by atoms with E-state index in [9.17, 15) is 9.18 Å². The van der Waals surface area contributed by atoms with Crippen LogP contribution in [-0.2, 0) is 0 Å². The van der Waals surface area contributed by atoms with Crippen LogP contribution in [0, 0.1) is 5.82 Å². The first kappa shape index (κ1) is 11.9. The maximum absolute atomic E-state index is 12.9. The van der Waals surface area contributed by atoms with Gasteiger partial charge in [0, 0.05) is 25.2 Å². The van der Waals surface area contributed by atoms with Crippen LogP contribution in [0.25, 0.3) is 0 Å². The Labute approximate surface area is 99.2 Å². The number of nitrogens with two attached hydrogens (primary N) is 1. The van der Waals surface area contributed by atoms with E-state index in [1.54, 1.807) is 11.0 Å². The van der Waals surface area contributed by atoms with Gasteiger partial charge >= 0.3 is 6.09 Å². The molecule has 1 atom stereocenters. The lowest BCUT2D eigenvalue weighted by Gasteiger charge is -2.29. The van der Waals surface area contributed by atoms with Crippen LogP contribution in [0.3, 0.4) is 0 Å². The van der Waals surface area contributed by atoms with Crippen LogP contribution in [0.4, 0.5) is 9.18 Å². The Morgan fingerprint density at radius 2 is 2.35 bits per heavy atom. The molecule has 0 aliphatic carbocycles. The molecule has 0 spiro atoms. The minimum atomic E-state index is -0.467. The van der Waals surface area contributed by atoms with Gasteiger partial charge in [0.1, 0.15) is 11.6 Å². The molecule has 1 aromatic rings. The third-order valence-electron chi connectivity index (χ3n) is 2.72. The molecule has 1 aliphatic heterocycles. The Morgan fingerprint density at radius 1 is 1.53 bits per heavy atom. The Balaban J connectivity index is 1.96. The van der Waals surface area contributed by atoms with Crippen LogP contribution in [0.15, 0.2) is 24.3 Å². The molecule has 2 rings (SSSR count). The minimum Gasteiger partial charge on any atom is -0.410 e. The number of likely N-dealkylation sites (tertiary alicyclic amines) is 1. The topological polar surface area (TPSA) is 55.6 Å². The highest BCUT2D eigenvalue weighted by molar-refractivity contribution is 5.70. The number of carbonyl (C=O) groups excluding carboxylic acids is 1. The van der Waals surface area contributed by atoms with Crippen molar-refractivity contribution >= 4 is 6.09 Å². The van der Waals surface area contributed by atoms with Crippen molar-refractivity contribution in [2.75, 3.05) is 13.1 Å². The molecule has 5 heteroatoms. The molecule has 2 N–H and O–H groups in total. The van der Waals surface area contributed by atoms with Crippen LogP contribution in [-0.4, -0.2) is 30.1 Å². The van der Waals surface area contributed by atoms with E-state index in [1.165, 1.54) is 18.2 Å². The number of carbonyl (C=O) groups is 1. The number of rotatable bonds is 1. The van der Waals surface area contributed by atoms with Gasteiger partial charge in [0.05, 0.1) is 0 Å². The van der Waals surface area contributed by atoms with E-state index in [2.05, 4.69) is 0 Å². The van der Waals surface area contributed by atoms with Crippen molar-refractivity contribution in [3.8, 4) is 5.75 Å². The molecule has 1 heterocycles. The fourth-order valence-corrected chi connectivity index (χ4v) is 1.87. The smallest absolute Gasteiger partial charge is 0.410 e. The second-order valence-electron chi connectivity index (χ2n) is 4.17. The van der Waals surface area contributed by atoms with Crippen LogP contribution >= 0.6 is 0 Å². The van der Waals surface area contributed by atoms with Crippen molar-refractivity contribution in [2.45, 2.75) is 18.9 Å². The average molecular weight is 238 g/mol. The summed E-state index contributed by atoms with van der Waals surface area (Å²) in [5.74, 6) is -0.209. The van der Waals surface area contributed by atoms with Crippen molar-refractivity contribution in [1.82, 2.24) is 4.90 Å². The number of hydrogen-bond donors (Lipinski definition) is 1. The second-order valence-corrected chi connectivity index (χ2v) is 4.17. The zero-order valence-corrected chi connectivity index (χ0v) is 9.43. The summed E-state index contributed by atoms with van der Waals surface area (Å²) >= 11 is 0. The fourth-order valence-electron chi connectivity index (χ4n) is 1.87. The van der Waals surface area contributed by atoms with E-state index in [0.717, 1.165) is 12.8 Å². The van der Waals surface area contributed by atoms with Gasteiger partial charge in [-0.2, -0.15) is 0 Å². The first-order valence-corrected chi connectivity index (χ1v) is 5.63. The monoisotopic (exact) mass is 238 g/mol. The lowest BCUT2D eigenvalue weighted by atomic mass is 10.1. The quantitative estimate of drug-likeness (QED) is 0.810. The highest BCUT2D eigenvalue weighted by Gasteiger charge is 2.22. The maximum Gasteiger partial charge on any atom is 0.415 e. The molecule has 4 nitrogen and oxygen atoms in total. The first-order valence-electron chi connectivity index (χ1n) is 5.63. The molecule has 17 heavy (non-hydrogen) atoms. The number of hydrogen-bond acceptors (Lipinski definition) is 3. The Hall–Kier alpha value is -1.62. The molecule has 0 bridgehead atoms. The molecular weight excluding hydrogens is 223 g/mol. The van der Waals surface area contributed by atoms with Crippen molar-refractivity contribution in [3.63, 3.8) is 0 Å². The third kappa shape index (κ3) is 3.17. The maximum atomic E-state index is 12.9. The zero-order valence-electron chi connectivity index (χ0n) is 9.43. The predicted molar refractivity (Wildman–Crippen MR) is 61.2 cm³/mol. The summed E-state index contributed by atoms with van der Waals surface area (Å²) in [4.78, 5) is 13.3. The van der Waals surface area contributed by atoms with Crippen LogP contribution in [0.5, 0.6) is 5.75 Å². The predicted octanol–water partition coefficient (Wildman–Crippen LogP) is 1.75. The Kier molecular flexibility index (Phi) is 3.58. The fraction of sp³-hybridized carbons (Fsp3) is 0.417.